The molecule has 0 saturated carbocycles. The lowest BCUT2D eigenvalue weighted by molar-refractivity contribution is -0.136. The molecule has 0 saturated heterocycles. The lowest BCUT2D eigenvalue weighted by Gasteiger charge is -2.19. The van der Waals surface area contributed by atoms with Crippen molar-refractivity contribution in [2.45, 2.75) is 12.6 Å². The van der Waals surface area contributed by atoms with Gasteiger partial charge in [0, 0.05) is 17.4 Å². The van der Waals surface area contributed by atoms with Gasteiger partial charge >= 0.3 is 6.18 Å². The van der Waals surface area contributed by atoms with Crippen LogP contribution in [0.3, 0.4) is 0 Å². The van der Waals surface area contributed by atoms with E-state index in [1.165, 1.54) is 12.1 Å². The first-order chi connectivity index (χ1) is 10.8. The third-order valence-corrected chi connectivity index (χ3v) is 3.32. The Morgan fingerprint density at radius 3 is 2.61 bits per heavy atom. The molecule has 0 aliphatic heterocycles. The highest BCUT2D eigenvalue weighted by Gasteiger charge is 2.33. The Morgan fingerprint density at radius 2 is 2.04 bits per heavy atom. The van der Waals surface area contributed by atoms with Gasteiger partial charge in [-0.1, -0.05) is 6.07 Å². The number of hydrogen-bond acceptors (Lipinski definition) is 3. The quantitative estimate of drug-likeness (QED) is 0.508. The standard InChI is InChI=1S/C14H16F3N5O/c15-14(16,17)9-3-1-4-10-8(9)7-11(21-10)12(23)22(13(19)20)6-2-5-18/h1,3-4,7,21H,2,5-6,18H2,(H3,19,20). The maximum Gasteiger partial charge on any atom is 0.417 e. The van der Waals surface area contributed by atoms with Crippen molar-refractivity contribution in [3.63, 3.8) is 0 Å². The van der Waals surface area contributed by atoms with Crippen LogP contribution in [-0.4, -0.2) is 34.8 Å². The molecule has 1 heterocycles. The van der Waals surface area contributed by atoms with Crippen LogP contribution in [0.5, 0.6) is 0 Å². The summed E-state index contributed by atoms with van der Waals surface area (Å²) in [5, 5.41) is 7.33. The molecular weight excluding hydrogens is 311 g/mol. The van der Waals surface area contributed by atoms with Gasteiger partial charge in [0.1, 0.15) is 5.69 Å². The number of rotatable bonds is 4. The number of nitrogens with zero attached hydrogens (tertiary/aromatic N) is 1. The molecule has 1 amide bonds. The molecule has 0 fully saturated rings. The number of carbonyl (C=O) groups excluding carboxylic acids is 1. The zero-order valence-corrected chi connectivity index (χ0v) is 12.1. The van der Waals surface area contributed by atoms with E-state index in [1.54, 1.807) is 0 Å². The first-order valence-electron chi connectivity index (χ1n) is 6.80. The molecule has 0 radical (unpaired) electrons. The van der Waals surface area contributed by atoms with Crippen LogP contribution in [-0.2, 0) is 6.18 Å². The van der Waals surface area contributed by atoms with Crippen molar-refractivity contribution in [2.24, 2.45) is 11.5 Å². The average molecular weight is 327 g/mol. The minimum absolute atomic E-state index is 0.0658. The smallest absolute Gasteiger partial charge is 0.370 e. The highest BCUT2D eigenvalue weighted by molar-refractivity contribution is 6.06. The molecular formula is C14H16F3N5O. The number of aromatic amines is 1. The Kier molecular flexibility index (Phi) is 4.60. The largest absolute Gasteiger partial charge is 0.417 e. The number of carbonyl (C=O) groups is 1. The van der Waals surface area contributed by atoms with Gasteiger partial charge in [0.05, 0.1) is 5.56 Å². The number of amides is 1. The fourth-order valence-corrected chi connectivity index (χ4v) is 2.24. The minimum atomic E-state index is -4.53. The van der Waals surface area contributed by atoms with Crippen molar-refractivity contribution in [1.29, 1.82) is 5.41 Å². The molecule has 2 rings (SSSR count). The van der Waals surface area contributed by atoms with Crippen LogP contribution in [0, 0.1) is 5.41 Å². The second-order valence-corrected chi connectivity index (χ2v) is 4.93. The minimum Gasteiger partial charge on any atom is -0.370 e. The van der Waals surface area contributed by atoms with Crippen LogP contribution < -0.4 is 11.5 Å². The highest BCUT2D eigenvalue weighted by atomic mass is 19.4. The summed E-state index contributed by atoms with van der Waals surface area (Å²) in [5.41, 5.74) is 10.0. The van der Waals surface area contributed by atoms with Crippen LogP contribution in [0.15, 0.2) is 24.3 Å². The summed E-state index contributed by atoms with van der Waals surface area (Å²) in [5.74, 6) is -1.16. The third kappa shape index (κ3) is 3.45. The topological polar surface area (TPSA) is 112 Å². The number of hydrogen-bond donors (Lipinski definition) is 4. The van der Waals surface area contributed by atoms with Gasteiger partial charge in [0.15, 0.2) is 5.96 Å². The number of halogens is 3. The van der Waals surface area contributed by atoms with Crippen molar-refractivity contribution in [3.05, 3.63) is 35.5 Å². The second-order valence-electron chi connectivity index (χ2n) is 4.93. The number of fused-ring (bicyclic) bond motifs is 1. The van der Waals surface area contributed by atoms with Gasteiger partial charge in [0.25, 0.3) is 5.91 Å². The fourth-order valence-electron chi connectivity index (χ4n) is 2.24. The number of guanidine groups is 1. The molecule has 9 heteroatoms. The molecule has 124 valence electrons. The monoisotopic (exact) mass is 327 g/mol. The lowest BCUT2D eigenvalue weighted by atomic mass is 10.1. The number of alkyl halides is 3. The van der Waals surface area contributed by atoms with Gasteiger partial charge in [-0.3, -0.25) is 15.1 Å². The molecule has 23 heavy (non-hydrogen) atoms. The van der Waals surface area contributed by atoms with Crippen molar-refractivity contribution in [1.82, 2.24) is 9.88 Å². The van der Waals surface area contributed by atoms with Crippen LogP contribution in [0.4, 0.5) is 13.2 Å². The highest BCUT2D eigenvalue weighted by Crippen LogP contribution is 2.35. The number of benzene rings is 1. The number of nitrogens with two attached hydrogens (primary N) is 2. The number of nitrogens with one attached hydrogen (secondary N) is 2. The van der Waals surface area contributed by atoms with Crippen LogP contribution >= 0.6 is 0 Å². The van der Waals surface area contributed by atoms with Gasteiger partial charge < -0.3 is 16.5 Å². The molecule has 1 aromatic heterocycles. The maximum absolute atomic E-state index is 13.0. The Labute approximate surface area is 129 Å². The summed E-state index contributed by atoms with van der Waals surface area (Å²) in [6.07, 6.45) is -4.11. The van der Waals surface area contributed by atoms with E-state index in [4.69, 9.17) is 16.9 Å². The Bertz CT molecular complexity index is 738. The van der Waals surface area contributed by atoms with Gasteiger partial charge in [-0.2, -0.15) is 13.2 Å². The van der Waals surface area contributed by atoms with Crippen molar-refractivity contribution in [2.75, 3.05) is 13.1 Å². The van der Waals surface area contributed by atoms with Gasteiger partial charge in [-0.15, -0.1) is 0 Å². The summed E-state index contributed by atoms with van der Waals surface area (Å²) in [6, 6.07) is 4.77. The van der Waals surface area contributed by atoms with Crippen LogP contribution in [0.1, 0.15) is 22.5 Å². The molecule has 2 aromatic rings. The predicted molar refractivity (Wildman–Crippen MR) is 79.9 cm³/mol. The fraction of sp³-hybridized carbons (Fsp3) is 0.286. The van der Waals surface area contributed by atoms with Crippen molar-refractivity contribution < 1.29 is 18.0 Å². The summed E-state index contributed by atoms with van der Waals surface area (Å²) in [6.45, 7) is 0.411. The van der Waals surface area contributed by atoms with E-state index in [0.717, 1.165) is 17.0 Å². The zero-order chi connectivity index (χ0) is 17.2. The summed E-state index contributed by atoms with van der Waals surface area (Å²) in [4.78, 5) is 16.0. The van der Waals surface area contributed by atoms with E-state index >= 15 is 0 Å². The summed E-state index contributed by atoms with van der Waals surface area (Å²) in [7, 11) is 0. The van der Waals surface area contributed by atoms with Crippen LogP contribution in [0.25, 0.3) is 10.9 Å². The Balaban J connectivity index is 2.44. The maximum atomic E-state index is 13.0. The molecule has 0 spiro atoms. The average Bonchev–Trinajstić information content (AvgIpc) is 2.89. The SMILES string of the molecule is N=C(N)N(CCCN)C(=O)c1cc2c(C(F)(F)F)cccc2[nH]1. The predicted octanol–water partition coefficient (Wildman–Crippen LogP) is 1.87. The van der Waals surface area contributed by atoms with E-state index < -0.39 is 23.6 Å². The zero-order valence-electron chi connectivity index (χ0n) is 12.1. The van der Waals surface area contributed by atoms with Gasteiger partial charge in [-0.05, 0) is 31.2 Å². The molecule has 0 unspecified atom stereocenters. The third-order valence-electron chi connectivity index (χ3n) is 3.32. The summed E-state index contributed by atoms with van der Waals surface area (Å²) < 4.78 is 39.0. The number of aromatic nitrogens is 1. The molecule has 0 bridgehead atoms. The van der Waals surface area contributed by atoms with Crippen LogP contribution in [0.2, 0.25) is 0 Å². The van der Waals surface area contributed by atoms with E-state index in [2.05, 4.69) is 4.98 Å². The normalized spacial score (nSPS) is 11.7. The van der Waals surface area contributed by atoms with Crippen molar-refractivity contribution >= 4 is 22.8 Å². The first-order valence-corrected chi connectivity index (χ1v) is 6.80. The number of H-pyrrole nitrogens is 1. The van der Waals surface area contributed by atoms with E-state index in [1.807, 2.05) is 0 Å². The van der Waals surface area contributed by atoms with E-state index in [0.29, 0.717) is 13.0 Å². The molecule has 6 nitrogen and oxygen atoms in total. The first kappa shape index (κ1) is 16.8. The Hall–Kier alpha value is -2.55. The molecule has 6 N–H and O–H groups in total. The molecule has 0 aliphatic rings. The van der Waals surface area contributed by atoms with Gasteiger partial charge in [-0.25, -0.2) is 0 Å². The Morgan fingerprint density at radius 1 is 1.35 bits per heavy atom. The molecule has 0 aliphatic carbocycles. The molecule has 0 atom stereocenters. The second kappa shape index (κ2) is 6.29. The summed E-state index contributed by atoms with van der Waals surface area (Å²) >= 11 is 0. The molecule has 1 aromatic carbocycles. The lowest BCUT2D eigenvalue weighted by Crippen LogP contribution is -2.42. The van der Waals surface area contributed by atoms with Crippen molar-refractivity contribution in [3.8, 4) is 0 Å². The van der Waals surface area contributed by atoms with Gasteiger partial charge in [0.2, 0.25) is 0 Å². The van der Waals surface area contributed by atoms with E-state index in [-0.39, 0.29) is 23.1 Å². The van der Waals surface area contributed by atoms with E-state index in [9.17, 15) is 18.0 Å².